The summed E-state index contributed by atoms with van der Waals surface area (Å²) in [6.45, 7) is 5.72. The van der Waals surface area contributed by atoms with Gasteiger partial charge in [-0.15, -0.1) is 0 Å². The predicted molar refractivity (Wildman–Crippen MR) is 135 cm³/mol. The Morgan fingerprint density at radius 3 is 2.38 bits per heavy atom. The van der Waals surface area contributed by atoms with Crippen LogP contribution in [0, 0.1) is 5.92 Å². The maximum atomic E-state index is 13.2. The average molecular weight is 549 g/mol. The van der Waals surface area contributed by atoms with E-state index in [9.17, 15) is 18.0 Å². The van der Waals surface area contributed by atoms with Gasteiger partial charge in [-0.1, -0.05) is 44.2 Å². The van der Waals surface area contributed by atoms with Gasteiger partial charge < -0.3 is 9.80 Å². The largest absolute Gasteiger partial charge is 0.340 e. The maximum absolute atomic E-state index is 13.2. The highest BCUT2D eigenvalue weighted by Crippen LogP contribution is 2.34. The van der Waals surface area contributed by atoms with E-state index in [0.717, 1.165) is 17.7 Å². The van der Waals surface area contributed by atoms with Gasteiger partial charge in [0.25, 0.3) is 0 Å². The fourth-order valence-corrected chi connectivity index (χ4v) is 7.06. The maximum Gasteiger partial charge on any atom is 0.244 e. The van der Waals surface area contributed by atoms with Gasteiger partial charge in [-0.2, -0.15) is 4.31 Å². The van der Waals surface area contributed by atoms with Gasteiger partial charge in [-0.3, -0.25) is 9.59 Å². The standard InChI is InChI=1S/C25H30BrN3O4S/c1-3-18(2)20-8-4-6-10-22(20)29-17-19(16-24(29)30)25(31)27-12-14-28(15-13-27)34(32,33)23-11-7-5-9-21(23)26/h4-11,18-19H,3,12-17H2,1-2H3/t18-,19-/m0/s1. The van der Waals surface area contributed by atoms with Crippen molar-refractivity contribution < 1.29 is 18.0 Å². The summed E-state index contributed by atoms with van der Waals surface area (Å²) in [4.78, 5) is 29.8. The Morgan fingerprint density at radius 2 is 1.71 bits per heavy atom. The number of rotatable bonds is 6. The minimum absolute atomic E-state index is 0.0377. The molecule has 0 radical (unpaired) electrons. The first-order valence-electron chi connectivity index (χ1n) is 11.7. The lowest BCUT2D eigenvalue weighted by atomic mass is 9.96. The van der Waals surface area contributed by atoms with Gasteiger partial charge in [0.2, 0.25) is 21.8 Å². The number of carbonyl (C=O) groups is 2. The van der Waals surface area contributed by atoms with Crippen LogP contribution in [0.4, 0.5) is 5.69 Å². The minimum Gasteiger partial charge on any atom is -0.340 e. The van der Waals surface area contributed by atoms with Crippen LogP contribution in [-0.2, 0) is 19.6 Å². The lowest BCUT2D eigenvalue weighted by Crippen LogP contribution is -2.52. The first-order valence-corrected chi connectivity index (χ1v) is 13.9. The van der Waals surface area contributed by atoms with Gasteiger partial charge in [0.05, 0.1) is 10.8 Å². The monoisotopic (exact) mass is 547 g/mol. The van der Waals surface area contributed by atoms with Crippen LogP contribution in [0.2, 0.25) is 0 Å². The lowest BCUT2D eigenvalue weighted by Gasteiger charge is -2.35. The molecule has 2 fully saturated rings. The van der Waals surface area contributed by atoms with Crippen LogP contribution in [0.3, 0.4) is 0 Å². The van der Waals surface area contributed by atoms with Crippen LogP contribution in [-0.4, -0.2) is 62.2 Å². The first-order chi connectivity index (χ1) is 16.2. The minimum atomic E-state index is -3.64. The summed E-state index contributed by atoms with van der Waals surface area (Å²) < 4.78 is 28.0. The summed E-state index contributed by atoms with van der Waals surface area (Å²) in [5.74, 6) is -0.207. The van der Waals surface area contributed by atoms with Crippen LogP contribution in [0.15, 0.2) is 57.9 Å². The number of sulfonamides is 1. The second kappa shape index (κ2) is 10.2. The Bertz CT molecular complexity index is 1180. The van der Waals surface area contributed by atoms with E-state index in [1.54, 1.807) is 34.1 Å². The number of hydrogen-bond donors (Lipinski definition) is 0. The van der Waals surface area contributed by atoms with E-state index < -0.39 is 15.9 Å². The number of halogens is 1. The Labute approximate surface area is 209 Å². The normalized spacial score (nSPS) is 20.6. The van der Waals surface area contributed by atoms with Gasteiger partial charge in [-0.25, -0.2) is 8.42 Å². The number of nitrogens with zero attached hydrogens (tertiary/aromatic N) is 3. The van der Waals surface area contributed by atoms with E-state index in [-0.39, 0.29) is 36.2 Å². The Hall–Kier alpha value is -2.23. The number of anilines is 1. The van der Waals surface area contributed by atoms with Crippen molar-refractivity contribution in [1.29, 1.82) is 0 Å². The molecule has 2 aliphatic rings. The Morgan fingerprint density at radius 1 is 1.06 bits per heavy atom. The molecule has 2 heterocycles. The second-order valence-electron chi connectivity index (χ2n) is 8.93. The van der Waals surface area contributed by atoms with Gasteiger partial charge in [0.15, 0.2) is 0 Å². The van der Waals surface area contributed by atoms with Crippen LogP contribution in [0.25, 0.3) is 0 Å². The number of carbonyl (C=O) groups excluding carboxylic acids is 2. The highest BCUT2D eigenvalue weighted by Gasteiger charge is 2.40. The number of benzene rings is 2. The van der Waals surface area contributed by atoms with E-state index in [4.69, 9.17) is 0 Å². The average Bonchev–Trinajstić information content (AvgIpc) is 3.24. The SMILES string of the molecule is CC[C@H](C)c1ccccc1N1C[C@@H](C(=O)N2CCN(S(=O)(=O)c3ccccc3Br)CC2)CC1=O. The highest BCUT2D eigenvalue weighted by molar-refractivity contribution is 9.10. The predicted octanol–water partition coefficient (Wildman–Crippen LogP) is 3.85. The topological polar surface area (TPSA) is 78.0 Å². The quantitative estimate of drug-likeness (QED) is 0.550. The molecule has 0 saturated carbocycles. The van der Waals surface area contributed by atoms with Gasteiger partial charge in [0, 0.05) is 49.3 Å². The molecule has 7 nitrogen and oxygen atoms in total. The lowest BCUT2D eigenvalue weighted by molar-refractivity contribution is -0.136. The number of para-hydroxylation sites is 1. The van der Waals surface area contributed by atoms with Gasteiger partial charge >= 0.3 is 0 Å². The summed E-state index contributed by atoms with van der Waals surface area (Å²) >= 11 is 3.32. The molecule has 0 aromatic heterocycles. The Balaban J connectivity index is 1.42. The zero-order chi connectivity index (χ0) is 24.5. The third-order valence-electron chi connectivity index (χ3n) is 6.85. The van der Waals surface area contributed by atoms with E-state index >= 15 is 0 Å². The first kappa shape index (κ1) is 24.9. The highest BCUT2D eigenvalue weighted by atomic mass is 79.9. The Kier molecular flexibility index (Phi) is 7.45. The molecule has 0 N–H and O–H groups in total. The summed E-state index contributed by atoms with van der Waals surface area (Å²) in [7, 11) is -3.64. The van der Waals surface area contributed by atoms with Crippen molar-refractivity contribution in [2.75, 3.05) is 37.6 Å². The molecule has 182 valence electrons. The van der Waals surface area contributed by atoms with Crippen molar-refractivity contribution in [3.63, 3.8) is 0 Å². The van der Waals surface area contributed by atoms with Crippen LogP contribution < -0.4 is 4.90 Å². The van der Waals surface area contributed by atoms with Crippen molar-refractivity contribution in [3.05, 3.63) is 58.6 Å². The fourth-order valence-electron chi connectivity index (χ4n) is 4.68. The molecule has 2 saturated heterocycles. The van der Waals surface area contributed by atoms with Crippen LogP contribution in [0.5, 0.6) is 0 Å². The number of hydrogen-bond acceptors (Lipinski definition) is 4. The van der Waals surface area contributed by atoms with Crippen molar-refractivity contribution in [1.82, 2.24) is 9.21 Å². The second-order valence-corrected chi connectivity index (χ2v) is 11.7. The summed E-state index contributed by atoms with van der Waals surface area (Å²) in [6, 6.07) is 14.7. The van der Waals surface area contributed by atoms with E-state index in [1.165, 1.54) is 4.31 Å². The third kappa shape index (κ3) is 4.78. The molecule has 2 atom stereocenters. The van der Waals surface area contributed by atoms with Crippen molar-refractivity contribution in [3.8, 4) is 0 Å². The van der Waals surface area contributed by atoms with Gasteiger partial charge in [-0.05, 0) is 52.0 Å². The van der Waals surface area contributed by atoms with Crippen molar-refractivity contribution in [2.24, 2.45) is 5.92 Å². The molecule has 34 heavy (non-hydrogen) atoms. The van der Waals surface area contributed by atoms with Gasteiger partial charge in [0.1, 0.15) is 0 Å². The molecule has 0 bridgehead atoms. The van der Waals surface area contributed by atoms with Crippen LogP contribution in [0.1, 0.15) is 38.2 Å². The van der Waals surface area contributed by atoms with E-state index in [2.05, 4.69) is 35.8 Å². The molecule has 2 aromatic carbocycles. The zero-order valence-electron chi connectivity index (χ0n) is 19.5. The molecule has 0 aliphatic carbocycles. The molecule has 9 heteroatoms. The fraction of sp³-hybridized carbons (Fsp3) is 0.440. The number of piperazine rings is 1. The molecule has 2 aromatic rings. The van der Waals surface area contributed by atoms with Crippen molar-refractivity contribution >= 4 is 43.5 Å². The third-order valence-corrected chi connectivity index (χ3v) is 9.76. The zero-order valence-corrected chi connectivity index (χ0v) is 21.9. The summed E-state index contributed by atoms with van der Waals surface area (Å²) in [5, 5.41) is 0. The smallest absolute Gasteiger partial charge is 0.244 e. The number of amides is 2. The van der Waals surface area contributed by atoms with E-state index in [0.29, 0.717) is 30.0 Å². The summed E-state index contributed by atoms with van der Waals surface area (Å²) in [5.41, 5.74) is 2.01. The molecule has 0 spiro atoms. The van der Waals surface area contributed by atoms with Crippen LogP contribution >= 0.6 is 15.9 Å². The molecular weight excluding hydrogens is 518 g/mol. The molecule has 4 rings (SSSR count). The molecule has 2 aliphatic heterocycles. The summed E-state index contributed by atoms with van der Waals surface area (Å²) in [6.07, 6.45) is 1.15. The van der Waals surface area contributed by atoms with Crippen molar-refractivity contribution in [2.45, 2.75) is 37.5 Å². The van der Waals surface area contributed by atoms with E-state index in [1.807, 2.05) is 18.2 Å². The molecule has 2 amide bonds. The molecular formula is C25H30BrN3O4S. The molecule has 0 unspecified atom stereocenters.